The van der Waals surface area contributed by atoms with Crippen LogP contribution in [0.1, 0.15) is 0 Å². The zero-order valence-electron chi connectivity index (χ0n) is 13.8. The van der Waals surface area contributed by atoms with Gasteiger partial charge in [-0.2, -0.15) is 0 Å². The monoisotopic (exact) mass is 400 g/mol. The molecule has 8 heteroatoms. The van der Waals surface area contributed by atoms with Crippen LogP contribution in [0.15, 0.2) is 47.4 Å². The van der Waals surface area contributed by atoms with E-state index in [9.17, 15) is 8.42 Å². The molecule has 1 saturated heterocycles. The molecule has 0 aliphatic carbocycles. The summed E-state index contributed by atoms with van der Waals surface area (Å²) >= 11 is 11.8. The molecule has 25 heavy (non-hydrogen) atoms. The highest BCUT2D eigenvalue weighted by molar-refractivity contribution is 7.92. The van der Waals surface area contributed by atoms with Crippen LogP contribution in [0.4, 0.5) is 11.4 Å². The number of nitrogens with zero attached hydrogens (tertiary/aromatic N) is 1. The average Bonchev–Trinajstić information content (AvgIpc) is 2.55. The Hall–Kier alpha value is -1.47. The van der Waals surface area contributed by atoms with Gasteiger partial charge in [-0.3, -0.25) is 4.72 Å². The molecule has 2 aromatic carbocycles. The zero-order valence-corrected chi connectivity index (χ0v) is 16.1. The summed E-state index contributed by atoms with van der Waals surface area (Å²) in [6, 6.07) is 11.6. The molecule has 1 aliphatic rings. The van der Waals surface area contributed by atoms with E-state index in [-0.39, 0.29) is 14.9 Å². The number of anilines is 2. The maximum atomic E-state index is 12.5. The van der Waals surface area contributed by atoms with Crippen molar-refractivity contribution in [3.8, 4) is 0 Å². The quantitative estimate of drug-likeness (QED) is 0.826. The standard InChI is InChI=1S/C17H19Cl2N3O2S/c1-21-6-8-22(9-7-21)16-4-2-15(3-5-16)20-25(23,24)17-11-13(18)10-14(19)12-17/h2-5,10-12,20H,6-9H2,1H3/p+1. The fourth-order valence-corrected chi connectivity index (χ4v) is 4.57. The largest absolute Gasteiger partial charge is 0.360 e. The zero-order chi connectivity index (χ0) is 18.0. The lowest BCUT2D eigenvalue weighted by atomic mass is 10.2. The minimum absolute atomic E-state index is 0.0381. The molecule has 5 nitrogen and oxygen atoms in total. The predicted molar refractivity (Wildman–Crippen MR) is 103 cm³/mol. The van der Waals surface area contributed by atoms with Gasteiger partial charge in [0, 0.05) is 21.4 Å². The second-order valence-corrected chi connectivity index (χ2v) is 8.76. The number of hydrogen-bond donors (Lipinski definition) is 2. The summed E-state index contributed by atoms with van der Waals surface area (Å²) in [6.07, 6.45) is 0. The molecule has 134 valence electrons. The molecule has 3 rings (SSSR count). The first kappa shape index (κ1) is 18.3. The van der Waals surface area contributed by atoms with E-state index in [1.165, 1.54) is 23.1 Å². The van der Waals surface area contributed by atoms with Gasteiger partial charge in [0.2, 0.25) is 0 Å². The van der Waals surface area contributed by atoms with E-state index in [0.717, 1.165) is 31.9 Å². The van der Waals surface area contributed by atoms with Crippen LogP contribution in [0, 0.1) is 0 Å². The molecule has 2 N–H and O–H groups in total. The van der Waals surface area contributed by atoms with Crippen LogP contribution in [0.5, 0.6) is 0 Å². The number of piperazine rings is 1. The molecular formula is C17H20Cl2N3O2S+. The normalized spacial score (nSPS) is 16.0. The van der Waals surface area contributed by atoms with Crippen LogP contribution >= 0.6 is 23.2 Å². The molecule has 1 fully saturated rings. The van der Waals surface area contributed by atoms with Gasteiger partial charge in [0.05, 0.1) is 38.1 Å². The van der Waals surface area contributed by atoms with E-state index in [1.807, 2.05) is 12.1 Å². The maximum absolute atomic E-state index is 12.5. The Kier molecular flexibility index (Phi) is 5.43. The van der Waals surface area contributed by atoms with Crippen LogP contribution in [-0.2, 0) is 10.0 Å². The first-order valence-corrected chi connectivity index (χ1v) is 10.2. The topological polar surface area (TPSA) is 53.9 Å². The SMILES string of the molecule is C[NH+]1CCN(c2ccc(NS(=O)(=O)c3cc(Cl)cc(Cl)c3)cc2)CC1. The number of nitrogens with one attached hydrogen (secondary N) is 2. The van der Waals surface area contributed by atoms with E-state index in [1.54, 1.807) is 12.1 Å². The van der Waals surface area contributed by atoms with Crippen LogP contribution in [0.2, 0.25) is 10.0 Å². The summed E-state index contributed by atoms with van der Waals surface area (Å²) in [5.41, 5.74) is 1.60. The fraction of sp³-hybridized carbons (Fsp3) is 0.294. The smallest absolute Gasteiger partial charge is 0.261 e. The Bertz CT molecular complexity index is 828. The molecule has 2 aromatic rings. The Balaban J connectivity index is 1.74. The number of halogens is 2. The maximum Gasteiger partial charge on any atom is 0.261 e. The van der Waals surface area contributed by atoms with E-state index in [0.29, 0.717) is 5.69 Å². The van der Waals surface area contributed by atoms with Crippen molar-refractivity contribution in [2.24, 2.45) is 0 Å². The number of hydrogen-bond acceptors (Lipinski definition) is 3. The van der Waals surface area contributed by atoms with Crippen molar-refractivity contribution in [1.82, 2.24) is 0 Å². The minimum atomic E-state index is -3.74. The molecule has 0 amide bonds. The Morgan fingerprint density at radius 1 is 1.00 bits per heavy atom. The Labute approximate surface area is 158 Å². The fourth-order valence-electron chi connectivity index (χ4n) is 2.78. The molecule has 0 radical (unpaired) electrons. The van der Waals surface area contributed by atoms with Gasteiger partial charge in [-0.05, 0) is 42.5 Å². The molecule has 1 aliphatic heterocycles. The van der Waals surface area contributed by atoms with E-state index >= 15 is 0 Å². The lowest BCUT2D eigenvalue weighted by Gasteiger charge is -2.31. The summed E-state index contributed by atoms with van der Waals surface area (Å²) in [6.45, 7) is 4.20. The molecule has 0 bridgehead atoms. The molecule has 0 aromatic heterocycles. The van der Waals surface area contributed by atoms with Crippen LogP contribution < -0.4 is 14.5 Å². The van der Waals surface area contributed by atoms with Crippen molar-refractivity contribution in [1.29, 1.82) is 0 Å². The Morgan fingerprint density at radius 3 is 2.12 bits per heavy atom. The van der Waals surface area contributed by atoms with Crippen molar-refractivity contribution in [3.05, 3.63) is 52.5 Å². The van der Waals surface area contributed by atoms with Gasteiger partial charge < -0.3 is 9.80 Å². The van der Waals surface area contributed by atoms with Crippen LogP contribution in [0.25, 0.3) is 0 Å². The van der Waals surface area contributed by atoms with E-state index < -0.39 is 10.0 Å². The summed E-state index contributed by atoms with van der Waals surface area (Å²) in [7, 11) is -1.55. The second-order valence-electron chi connectivity index (χ2n) is 6.20. The highest BCUT2D eigenvalue weighted by atomic mass is 35.5. The molecule has 0 unspecified atom stereocenters. The third-order valence-electron chi connectivity index (χ3n) is 4.25. The second kappa shape index (κ2) is 7.41. The molecule has 0 spiro atoms. The van der Waals surface area contributed by atoms with Crippen molar-refractivity contribution < 1.29 is 13.3 Å². The van der Waals surface area contributed by atoms with Crippen molar-refractivity contribution in [2.75, 3.05) is 42.8 Å². The number of sulfonamides is 1. The predicted octanol–water partition coefficient (Wildman–Crippen LogP) is 2.13. The first-order chi connectivity index (χ1) is 11.8. The summed E-state index contributed by atoms with van der Waals surface area (Å²) in [5.74, 6) is 0. The molecule has 1 heterocycles. The van der Waals surface area contributed by atoms with E-state index in [2.05, 4.69) is 16.7 Å². The van der Waals surface area contributed by atoms with E-state index in [4.69, 9.17) is 23.2 Å². The average molecular weight is 401 g/mol. The minimum Gasteiger partial charge on any atom is -0.360 e. The third kappa shape index (κ3) is 4.58. The summed E-state index contributed by atoms with van der Waals surface area (Å²) in [4.78, 5) is 3.87. The van der Waals surface area contributed by atoms with Crippen LogP contribution in [-0.4, -0.2) is 41.6 Å². The highest BCUT2D eigenvalue weighted by Crippen LogP contribution is 2.25. The van der Waals surface area contributed by atoms with Crippen LogP contribution in [0.3, 0.4) is 0 Å². The van der Waals surface area contributed by atoms with Gasteiger partial charge in [-0.15, -0.1) is 0 Å². The molecule has 0 atom stereocenters. The van der Waals surface area contributed by atoms with Gasteiger partial charge in [-0.25, -0.2) is 8.42 Å². The van der Waals surface area contributed by atoms with Gasteiger partial charge in [0.25, 0.3) is 10.0 Å². The van der Waals surface area contributed by atoms with Crippen molar-refractivity contribution in [2.45, 2.75) is 4.90 Å². The van der Waals surface area contributed by atoms with Crippen molar-refractivity contribution >= 4 is 44.6 Å². The van der Waals surface area contributed by atoms with Gasteiger partial charge >= 0.3 is 0 Å². The van der Waals surface area contributed by atoms with Crippen molar-refractivity contribution in [3.63, 3.8) is 0 Å². The summed E-state index contributed by atoms with van der Waals surface area (Å²) < 4.78 is 27.5. The van der Waals surface area contributed by atoms with Gasteiger partial charge in [0.15, 0.2) is 0 Å². The third-order valence-corrected chi connectivity index (χ3v) is 6.05. The number of rotatable bonds is 4. The number of likely N-dealkylation sites (N-methyl/N-ethyl adjacent to an activating group) is 1. The van der Waals surface area contributed by atoms with Gasteiger partial charge in [0.1, 0.15) is 0 Å². The number of quaternary nitrogens is 1. The lowest BCUT2D eigenvalue weighted by molar-refractivity contribution is -0.880. The lowest BCUT2D eigenvalue weighted by Crippen LogP contribution is -3.12. The van der Waals surface area contributed by atoms with Gasteiger partial charge in [-0.1, -0.05) is 23.2 Å². The Morgan fingerprint density at radius 2 is 1.56 bits per heavy atom. The number of benzene rings is 2. The molecular weight excluding hydrogens is 381 g/mol. The first-order valence-electron chi connectivity index (χ1n) is 7.99. The summed E-state index contributed by atoms with van der Waals surface area (Å²) in [5, 5.41) is 0.556. The molecule has 0 saturated carbocycles. The highest BCUT2D eigenvalue weighted by Gasteiger charge is 2.18.